The number of nitrogens with two attached hydrogens (primary N) is 1. The summed E-state index contributed by atoms with van der Waals surface area (Å²) in [5.41, 5.74) is 5.15. The van der Waals surface area contributed by atoms with Crippen LogP contribution in [0.4, 0.5) is 10.7 Å². The maximum Gasteiger partial charge on any atom is 0.304 e. The normalized spacial score (nSPS) is 24.7. The molecule has 19 heavy (non-hydrogen) atoms. The first kappa shape index (κ1) is 14.2. The number of nitrogens with zero attached hydrogens (tertiary/aromatic N) is 2. The van der Waals surface area contributed by atoms with Crippen molar-refractivity contribution in [1.82, 2.24) is 4.31 Å². The summed E-state index contributed by atoms with van der Waals surface area (Å²) in [5.74, 6) is 0.289. The Balaban J connectivity index is 2.40. The van der Waals surface area contributed by atoms with Crippen molar-refractivity contribution in [3.8, 4) is 0 Å². The lowest BCUT2D eigenvalue weighted by Gasteiger charge is -2.19. The molecule has 2 N–H and O–H groups in total. The Hall–Kier alpha value is -1.19. The third-order valence-electron chi connectivity index (χ3n) is 3.20. The van der Waals surface area contributed by atoms with E-state index in [0.717, 1.165) is 23.8 Å². The molecule has 1 fully saturated rings. The minimum absolute atomic E-state index is 0.0577. The van der Waals surface area contributed by atoms with Crippen molar-refractivity contribution in [2.24, 2.45) is 5.92 Å². The molecule has 0 bridgehead atoms. The number of nitro groups is 1. The van der Waals surface area contributed by atoms with Crippen molar-refractivity contribution in [3.63, 3.8) is 0 Å². The summed E-state index contributed by atoms with van der Waals surface area (Å²) in [6.07, 6.45) is 0.794. The molecule has 1 aliphatic heterocycles. The van der Waals surface area contributed by atoms with Gasteiger partial charge in [0.2, 0.25) is 0 Å². The molecule has 1 saturated heterocycles. The van der Waals surface area contributed by atoms with Crippen LogP contribution in [0.5, 0.6) is 0 Å². The molecule has 1 aromatic heterocycles. The Kier molecular flexibility index (Phi) is 3.54. The summed E-state index contributed by atoms with van der Waals surface area (Å²) in [6, 6.07) is 0.952. The van der Waals surface area contributed by atoms with Crippen molar-refractivity contribution in [1.29, 1.82) is 0 Å². The lowest BCUT2D eigenvalue weighted by atomic mass is 10.1. The highest BCUT2D eigenvalue weighted by Crippen LogP contribution is 2.38. The lowest BCUT2D eigenvalue weighted by molar-refractivity contribution is -0.383. The Labute approximate surface area is 115 Å². The van der Waals surface area contributed by atoms with E-state index in [1.165, 1.54) is 4.31 Å². The van der Waals surface area contributed by atoms with E-state index in [0.29, 0.717) is 6.54 Å². The van der Waals surface area contributed by atoms with E-state index in [-0.39, 0.29) is 26.9 Å². The molecule has 0 spiro atoms. The van der Waals surface area contributed by atoms with Crippen LogP contribution in [0, 0.1) is 16.0 Å². The van der Waals surface area contributed by atoms with Crippen LogP contribution in [0.2, 0.25) is 0 Å². The second-order valence-electron chi connectivity index (χ2n) is 4.84. The first-order chi connectivity index (χ1) is 8.73. The van der Waals surface area contributed by atoms with Crippen molar-refractivity contribution in [3.05, 3.63) is 16.2 Å². The van der Waals surface area contributed by atoms with E-state index in [1.54, 1.807) is 0 Å². The smallest absolute Gasteiger partial charge is 0.304 e. The molecule has 2 heterocycles. The standard InChI is InChI=1S/C10H15N3O4S2/c1-6-3-7(2)12(5-6)19(16,17)9-4-8(13(14)15)10(11)18-9/h4,6-7H,3,5,11H2,1-2H3. The molecular weight excluding hydrogens is 290 g/mol. The van der Waals surface area contributed by atoms with Gasteiger partial charge in [-0.25, -0.2) is 8.42 Å². The van der Waals surface area contributed by atoms with Crippen molar-refractivity contribution >= 4 is 32.0 Å². The van der Waals surface area contributed by atoms with E-state index in [1.807, 2.05) is 13.8 Å². The molecule has 7 nitrogen and oxygen atoms in total. The van der Waals surface area contributed by atoms with E-state index >= 15 is 0 Å². The fraction of sp³-hybridized carbons (Fsp3) is 0.600. The van der Waals surface area contributed by atoms with Gasteiger partial charge in [-0.3, -0.25) is 10.1 Å². The molecule has 2 rings (SSSR count). The largest absolute Gasteiger partial charge is 0.385 e. The summed E-state index contributed by atoms with van der Waals surface area (Å²) in [6.45, 7) is 4.26. The summed E-state index contributed by atoms with van der Waals surface area (Å²) < 4.78 is 26.2. The Morgan fingerprint density at radius 3 is 2.58 bits per heavy atom. The predicted molar refractivity (Wildman–Crippen MR) is 72.5 cm³/mol. The van der Waals surface area contributed by atoms with Gasteiger partial charge in [0, 0.05) is 18.7 Å². The van der Waals surface area contributed by atoms with Gasteiger partial charge in [-0.05, 0) is 19.3 Å². The Morgan fingerprint density at radius 2 is 2.16 bits per heavy atom. The van der Waals surface area contributed by atoms with Crippen LogP contribution in [0.3, 0.4) is 0 Å². The summed E-state index contributed by atoms with van der Waals surface area (Å²) in [4.78, 5) is 10.1. The van der Waals surface area contributed by atoms with Crippen LogP contribution in [-0.2, 0) is 10.0 Å². The highest BCUT2D eigenvalue weighted by atomic mass is 32.2. The van der Waals surface area contributed by atoms with E-state index in [4.69, 9.17) is 5.73 Å². The lowest BCUT2D eigenvalue weighted by Crippen LogP contribution is -2.33. The topological polar surface area (TPSA) is 107 Å². The van der Waals surface area contributed by atoms with Gasteiger partial charge in [-0.15, -0.1) is 0 Å². The average Bonchev–Trinajstić information content (AvgIpc) is 2.82. The number of sulfonamides is 1. The third kappa shape index (κ3) is 2.45. The van der Waals surface area contributed by atoms with Gasteiger partial charge in [0.25, 0.3) is 10.0 Å². The second kappa shape index (κ2) is 4.73. The van der Waals surface area contributed by atoms with Crippen LogP contribution in [0.1, 0.15) is 20.3 Å². The maximum atomic E-state index is 12.4. The fourth-order valence-corrected chi connectivity index (χ4v) is 5.46. The molecule has 1 aromatic rings. The molecule has 0 aliphatic carbocycles. The zero-order chi connectivity index (χ0) is 14.4. The second-order valence-corrected chi connectivity index (χ2v) is 8.04. The van der Waals surface area contributed by atoms with Crippen molar-refractivity contribution in [2.75, 3.05) is 12.3 Å². The van der Waals surface area contributed by atoms with Crippen LogP contribution in [-0.4, -0.2) is 30.2 Å². The van der Waals surface area contributed by atoms with Crippen LogP contribution in [0.15, 0.2) is 10.3 Å². The van der Waals surface area contributed by atoms with Gasteiger partial charge in [0.05, 0.1) is 4.92 Å². The predicted octanol–water partition coefficient (Wildman–Crippen LogP) is 1.66. The van der Waals surface area contributed by atoms with Crippen molar-refractivity contribution in [2.45, 2.75) is 30.5 Å². The van der Waals surface area contributed by atoms with Gasteiger partial charge in [-0.2, -0.15) is 4.31 Å². The Bertz CT molecular complexity index is 610. The molecule has 1 aliphatic rings. The van der Waals surface area contributed by atoms with E-state index < -0.39 is 14.9 Å². The van der Waals surface area contributed by atoms with Gasteiger partial charge in [-0.1, -0.05) is 18.3 Å². The number of thiophene rings is 1. The minimum atomic E-state index is -3.69. The number of hydrogen-bond donors (Lipinski definition) is 1. The summed E-state index contributed by atoms with van der Waals surface area (Å²) >= 11 is 0.746. The molecule has 2 unspecified atom stereocenters. The van der Waals surface area contributed by atoms with Gasteiger partial charge < -0.3 is 5.73 Å². The van der Waals surface area contributed by atoms with E-state index in [2.05, 4.69) is 0 Å². The minimum Gasteiger partial charge on any atom is -0.385 e. The Morgan fingerprint density at radius 1 is 1.53 bits per heavy atom. The summed E-state index contributed by atoms with van der Waals surface area (Å²) in [5, 5.41) is 10.6. The molecule has 0 aromatic carbocycles. The molecule has 0 radical (unpaired) electrons. The number of anilines is 1. The van der Waals surface area contributed by atoms with E-state index in [9.17, 15) is 18.5 Å². The third-order valence-corrected chi connectivity index (χ3v) is 6.59. The van der Waals surface area contributed by atoms with Crippen LogP contribution >= 0.6 is 11.3 Å². The zero-order valence-corrected chi connectivity index (χ0v) is 12.2. The summed E-state index contributed by atoms with van der Waals surface area (Å²) in [7, 11) is -3.69. The monoisotopic (exact) mass is 305 g/mol. The molecule has 2 atom stereocenters. The average molecular weight is 305 g/mol. The SMILES string of the molecule is CC1CC(C)N(S(=O)(=O)c2cc([N+](=O)[O-])c(N)s2)C1. The van der Waals surface area contributed by atoms with Gasteiger partial charge in [0.1, 0.15) is 4.21 Å². The molecular formula is C10H15N3O4S2. The first-order valence-electron chi connectivity index (χ1n) is 5.79. The molecule has 0 amide bonds. The molecule has 106 valence electrons. The highest BCUT2D eigenvalue weighted by Gasteiger charge is 2.38. The maximum absolute atomic E-state index is 12.4. The zero-order valence-electron chi connectivity index (χ0n) is 10.6. The van der Waals surface area contributed by atoms with Gasteiger partial charge >= 0.3 is 5.69 Å². The van der Waals surface area contributed by atoms with Gasteiger partial charge in [0.15, 0.2) is 5.00 Å². The first-order valence-corrected chi connectivity index (χ1v) is 8.04. The van der Waals surface area contributed by atoms with Crippen LogP contribution in [0.25, 0.3) is 0 Å². The van der Waals surface area contributed by atoms with Crippen molar-refractivity contribution < 1.29 is 13.3 Å². The van der Waals surface area contributed by atoms with Crippen LogP contribution < -0.4 is 5.73 Å². The molecule has 9 heteroatoms. The quantitative estimate of drug-likeness (QED) is 0.675. The highest BCUT2D eigenvalue weighted by molar-refractivity contribution is 7.91. The number of nitrogen functional groups attached to an aromatic ring is 1. The fourth-order valence-electron chi connectivity index (χ4n) is 2.35. The number of rotatable bonds is 3. The molecule has 0 saturated carbocycles. The number of hydrogen-bond acceptors (Lipinski definition) is 6.